The number of allylic oxidation sites excluding steroid dienone is 3. The second-order valence-electron chi connectivity index (χ2n) is 3.64. The molecule has 0 fully saturated rings. The van der Waals surface area contributed by atoms with Crippen molar-refractivity contribution < 1.29 is 0 Å². The fraction of sp³-hybridized carbons (Fsp3) is 0.636. The van der Waals surface area contributed by atoms with Gasteiger partial charge in [0.25, 0.3) is 0 Å². The maximum Gasteiger partial charge on any atom is 0.00627 e. The topological polar surface area (TPSA) is 12.0 Å². The summed E-state index contributed by atoms with van der Waals surface area (Å²) in [6.45, 7) is 6.26. The van der Waals surface area contributed by atoms with Crippen molar-refractivity contribution in [3.8, 4) is 0 Å². The zero-order chi connectivity index (χ0) is 8.97. The molecule has 0 aliphatic heterocycles. The van der Waals surface area contributed by atoms with Gasteiger partial charge in [0.2, 0.25) is 0 Å². The van der Waals surface area contributed by atoms with Crippen LogP contribution in [0.15, 0.2) is 23.9 Å². The van der Waals surface area contributed by atoms with Crippen molar-refractivity contribution >= 4 is 0 Å². The third kappa shape index (κ3) is 2.40. The van der Waals surface area contributed by atoms with E-state index in [9.17, 15) is 0 Å². The van der Waals surface area contributed by atoms with Gasteiger partial charge in [-0.15, -0.1) is 0 Å². The summed E-state index contributed by atoms with van der Waals surface area (Å²) in [5.74, 6) is 0.684. The molecule has 0 radical (unpaired) electrons. The zero-order valence-corrected chi connectivity index (χ0v) is 8.19. The molecule has 0 saturated heterocycles. The molecule has 0 saturated carbocycles. The van der Waals surface area contributed by atoms with Crippen LogP contribution in [0.3, 0.4) is 0 Å². The van der Waals surface area contributed by atoms with E-state index in [-0.39, 0.29) is 0 Å². The largest absolute Gasteiger partial charge is 0.392 e. The minimum atomic E-state index is 0.684. The maximum absolute atomic E-state index is 4.03. The van der Waals surface area contributed by atoms with Gasteiger partial charge in [-0.1, -0.05) is 18.2 Å². The first kappa shape index (κ1) is 9.37. The van der Waals surface area contributed by atoms with E-state index in [1.165, 1.54) is 31.4 Å². The molecule has 0 aromatic heterocycles. The molecule has 0 aromatic rings. The van der Waals surface area contributed by atoms with Crippen LogP contribution in [0.1, 0.15) is 32.6 Å². The molecule has 1 heteroatoms. The van der Waals surface area contributed by atoms with Crippen molar-refractivity contribution in [1.82, 2.24) is 5.32 Å². The highest BCUT2D eigenvalue weighted by Crippen LogP contribution is 2.25. The first-order valence-corrected chi connectivity index (χ1v) is 4.76. The van der Waals surface area contributed by atoms with Gasteiger partial charge in [0.05, 0.1) is 0 Å². The average Bonchev–Trinajstić information content (AvgIpc) is 2.29. The smallest absolute Gasteiger partial charge is 0.00627 e. The second kappa shape index (κ2) is 4.34. The Morgan fingerprint density at radius 1 is 1.58 bits per heavy atom. The van der Waals surface area contributed by atoms with Gasteiger partial charge in [0.1, 0.15) is 0 Å². The van der Waals surface area contributed by atoms with Crippen LogP contribution < -0.4 is 5.32 Å². The van der Waals surface area contributed by atoms with Crippen LogP contribution in [-0.2, 0) is 0 Å². The molecule has 1 N–H and O–H groups in total. The van der Waals surface area contributed by atoms with Crippen LogP contribution in [0, 0.1) is 5.92 Å². The minimum Gasteiger partial charge on any atom is -0.392 e. The number of hydrogen-bond acceptors (Lipinski definition) is 1. The SMILES string of the molecule is C=C(NC)C1CCC=C(C)CC1. The van der Waals surface area contributed by atoms with Gasteiger partial charge in [-0.2, -0.15) is 0 Å². The Hall–Kier alpha value is -0.720. The van der Waals surface area contributed by atoms with E-state index in [2.05, 4.69) is 24.9 Å². The molecule has 68 valence electrons. The van der Waals surface area contributed by atoms with Crippen molar-refractivity contribution in [3.05, 3.63) is 23.9 Å². The Morgan fingerprint density at radius 2 is 2.33 bits per heavy atom. The fourth-order valence-electron chi connectivity index (χ4n) is 1.73. The fourth-order valence-corrected chi connectivity index (χ4v) is 1.73. The molecule has 1 nitrogen and oxygen atoms in total. The Labute approximate surface area is 75.6 Å². The maximum atomic E-state index is 4.03. The second-order valence-corrected chi connectivity index (χ2v) is 3.64. The highest BCUT2D eigenvalue weighted by molar-refractivity contribution is 5.06. The molecule has 1 atom stereocenters. The Morgan fingerprint density at radius 3 is 3.00 bits per heavy atom. The van der Waals surface area contributed by atoms with Gasteiger partial charge in [0, 0.05) is 12.7 Å². The number of rotatable bonds is 2. The molecule has 1 rings (SSSR count). The van der Waals surface area contributed by atoms with E-state index in [0.29, 0.717) is 5.92 Å². The quantitative estimate of drug-likeness (QED) is 0.620. The van der Waals surface area contributed by atoms with E-state index in [4.69, 9.17) is 0 Å². The summed E-state index contributed by atoms with van der Waals surface area (Å²) in [6, 6.07) is 0. The lowest BCUT2D eigenvalue weighted by Crippen LogP contribution is -2.14. The molecule has 0 bridgehead atoms. The lowest BCUT2D eigenvalue weighted by atomic mass is 9.96. The number of hydrogen-bond donors (Lipinski definition) is 1. The molecule has 1 aliphatic carbocycles. The van der Waals surface area contributed by atoms with E-state index >= 15 is 0 Å². The van der Waals surface area contributed by atoms with E-state index in [1.54, 1.807) is 5.57 Å². The first-order valence-electron chi connectivity index (χ1n) is 4.76. The summed E-state index contributed by atoms with van der Waals surface area (Å²) >= 11 is 0. The third-order valence-electron chi connectivity index (χ3n) is 2.71. The van der Waals surface area contributed by atoms with Crippen molar-refractivity contribution in [2.75, 3.05) is 7.05 Å². The van der Waals surface area contributed by atoms with Crippen molar-refractivity contribution in [2.45, 2.75) is 32.6 Å². The Balaban J connectivity index is 2.46. The lowest BCUT2D eigenvalue weighted by Gasteiger charge is -2.16. The van der Waals surface area contributed by atoms with Crippen molar-refractivity contribution in [2.24, 2.45) is 5.92 Å². The van der Waals surface area contributed by atoms with Gasteiger partial charge in [-0.25, -0.2) is 0 Å². The molecule has 12 heavy (non-hydrogen) atoms. The molecule has 0 spiro atoms. The van der Waals surface area contributed by atoms with Crippen molar-refractivity contribution in [1.29, 1.82) is 0 Å². The highest BCUT2D eigenvalue weighted by Gasteiger charge is 2.13. The predicted molar refractivity (Wildman–Crippen MR) is 53.9 cm³/mol. The monoisotopic (exact) mass is 165 g/mol. The summed E-state index contributed by atoms with van der Waals surface area (Å²) < 4.78 is 0. The van der Waals surface area contributed by atoms with E-state index in [1.807, 2.05) is 7.05 Å². The zero-order valence-electron chi connectivity index (χ0n) is 8.19. The summed E-state index contributed by atoms with van der Waals surface area (Å²) in [5.41, 5.74) is 2.75. The predicted octanol–water partition coefficient (Wildman–Crippen LogP) is 2.86. The highest BCUT2D eigenvalue weighted by atomic mass is 14.8. The van der Waals surface area contributed by atoms with Gasteiger partial charge < -0.3 is 5.32 Å². The van der Waals surface area contributed by atoms with E-state index < -0.39 is 0 Å². The third-order valence-corrected chi connectivity index (χ3v) is 2.71. The summed E-state index contributed by atoms with van der Waals surface area (Å²) in [5, 5.41) is 3.16. The molecular weight excluding hydrogens is 146 g/mol. The van der Waals surface area contributed by atoms with Crippen LogP contribution in [0.2, 0.25) is 0 Å². The van der Waals surface area contributed by atoms with Gasteiger partial charge in [0.15, 0.2) is 0 Å². The summed E-state index contributed by atoms with van der Waals surface area (Å²) in [6.07, 6.45) is 7.35. The lowest BCUT2D eigenvalue weighted by molar-refractivity contribution is 0.512. The number of nitrogens with one attached hydrogen (secondary N) is 1. The van der Waals surface area contributed by atoms with Crippen LogP contribution in [0.5, 0.6) is 0 Å². The van der Waals surface area contributed by atoms with Crippen molar-refractivity contribution in [3.63, 3.8) is 0 Å². The summed E-state index contributed by atoms with van der Waals surface area (Å²) in [4.78, 5) is 0. The van der Waals surface area contributed by atoms with Gasteiger partial charge in [-0.3, -0.25) is 0 Å². The Bertz CT molecular complexity index is 191. The Kier molecular flexibility index (Phi) is 3.39. The van der Waals surface area contributed by atoms with Crippen LogP contribution >= 0.6 is 0 Å². The average molecular weight is 165 g/mol. The van der Waals surface area contributed by atoms with Gasteiger partial charge in [-0.05, 0) is 38.5 Å². The van der Waals surface area contributed by atoms with Crippen LogP contribution in [0.4, 0.5) is 0 Å². The standard InChI is InChI=1S/C11H19N/c1-9-5-4-6-11(8-7-9)10(2)12-3/h5,11-12H,2,4,6-8H2,1,3H3. The molecule has 0 aromatic carbocycles. The van der Waals surface area contributed by atoms with E-state index in [0.717, 1.165) is 0 Å². The minimum absolute atomic E-state index is 0.684. The van der Waals surface area contributed by atoms with Gasteiger partial charge >= 0.3 is 0 Å². The molecule has 1 aliphatic rings. The summed E-state index contributed by atoms with van der Waals surface area (Å²) in [7, 11) is 1.97. The first-order chi connectivity index (χ1) is 5.74. The molecule has 0 heterocycles. The molecule has 0 amide bonds. The van der Waals surface area contributed by atoms with Crippen LogP contribution in [0.25, 0.3) is 0 Å². The molecule has 1 unspecified atom stereocenters. The van der Waals surface area contributed by atoms with Crippen LogP contribution in [-0.4, -0.2) is 7.05 Å². The molecular formula is C11H19N. The normalized spacial score (nSPS) is 24.2.